The van der Waals surface area contributed by atoms with Gasteiger partial charge in [-0.25, -0.2) is 27.9 Å². The van der Waals surface area contributed by atoms with Crippen LogP contribution in [-0.4, -0.2) is 43.0 Å². The molecule has 0 aliphatic carbocycles. The molecule has 0 spiro atoms. The number of methoxy groups -OCH3 is 1. The predicted octanol–water partition coefficient (Wildman–Crippen LogP) is 0.174. The molecule has 0 aliphatic rings. The van der Waals surface area contributed by atoms with Crippen LogP contribution in [0.15, 0.2) is 22.1 Å². The Morgan fingerprint density at radius 2 is 2.30 bits per heavy atom. The zero-order valence-corrected chi connectivity index (χ0v) is 12.1. The van der Waals surface area contributed by atoms with Gasteiger partial charge in [-0.15, -0.1) is 11.3 Å². The molecule has 2 heterocycles. The first kappa shape index (κ1) is 14.6. The summed E-state index contributed by atoms with van der Waals surface area (Å²) in [6.45, 7) is 0.161. The molecule has 0 fully saturated rings. The number of carbonyl (C=O) groups excluding carboxylic acids is 1. The quantitative estimate of drug-likeness (QED) is 0.735. The third kappa shape index (κ3) is 3.21. The molecule has 0 saturated carbocycles. The molecular weight excluding hydrogens is 304 g/mol. The van der Waals surface area contributed by atoms with Gasteiger partial charge in [-0.3, -0.25) is 0 Å². The van der Waals surface area contributed by atoms with E-state index in [1.165, 1.54) is 12.6 Å². The van der Waals surface area contributed by atoms with E-state index in [2.05, 4.69) is 24.4 Å². The Kier molecular flexibility index (Phi) is 4.47. The number of ether oxygens (including phenoxy) is 1. The van der Waals surface area contributed by atoms with Crippen LogP contribution in [0.1, 0.15) is 16.3 Å². The Morgan fingerprint density at radius 3 is 2.95 bits per heavy atom. The van der Waals surface area contributed by atoms with Crippen LogP contribution in [0.4, 0.5) is 0 Å². The minimum atomic E-state index is -3.79. The molecule has 0 amide bonds. The van der Waals surface area contributed by atoms with Crippen molar-refractivity contribution in [3.63, 3.8) is 0 Å². The first-order chi connectivity index (χ1) is 9.54. The number of carbonyl (C=O) groups is 1. The number of H-pyrrole nitrogens is 1. The lowest BCUT2D eigenvalue weighted by molar-refractivity contribution is 0.0590. The fourth-order valence-electron chi connectivity index (χ4n) is 1.46. The van der Waals surface area contributed by atoms with E-state index >= 15 is 0 Å². The number of sulfonamides is 1. The highest BCUT2D eigenvalue weighted by Gasteiger charge is 2.26. The van der Waals surface area contributed by atoms with Crippen molar-refractivity contribution in [3.8, 4) is 0 Å². The molecule has 0 saturated heterocycles. The molecule has 2 rings (SSSR count). The fraction of sp³-hybridized carbons (Fsp3) is 0.300. The van der Waals surface area contributed by atoms with E-state index in [0.717, 1.165) is 11.3 Å². The van der Waals surface area contributed by atoms with Crippen LogP contribution >= 0.6 is 11.3 Å². The number of hydrogen-bond acceptors (Lipinski definition) is 7. The highest BCUT2D eigenvalue weighted by molar-refractivity contribution is 7.91. The maximum atomic E-state index is 12.1. The summed E-state index contributed by atoms with van der Waals surface area (Å²) in [5.74, 6) is -0.108. The van der Waals surface area contributed by atoms with Gasteiger partial charge in [0.15, 0.2) is 9.90 Å². The van der Waals surface area contributed by atoms with Crippen LogP contribution < -0.4 is 4.72 Å². The second kappa shape index (κ2) is 6.11. The molecule has 0 unspecified atom stereocenters. The average Bonchev–Trinajstić information content (AvgIpc) is 3.08. The van der Waals surface area contributed by atoms with E-state index in [0.29, 0.717) is 12.2 Å². The molecule has 108 valence electrons. The topological polar surface area (TPSA) is 114 Å². The normalized spacial score (nSPS) is 11.4. The molecule has 8 nitrogen and oxygen atoms in total. The molecule has 0 radical (unpaired) electrons. The molecule has 0 aromatic carbocycles. The number of rotatable bonds is 6. The van der Waals surface area contributed by atoms with E-state index < -0.39 is 16.0 Å². The number of nitrogens with zero attached hydrogens (tertiary/aromatic N) is 2. The molecule has 2 aromatic heterocycles. The fourth-order valence-corrected chi connectivity index (χ4v) is 3.67. The summed E-state index contributed by atoms with van der Waals surface area (Å²) >= 11 is 0.862. The van der Waals surface area contributed by atoms with Crippen molar-refractivity contribution in [1.82, 2.24) is 19.7 Å². The van der Waals surface area contributed by atoms with Gasteiger partial charge in [0, 0.05) is 25.4 Å². The van der Waals surface area contributed by atoms with Gasteiger partial charge in [0.2, 0.25) is 0 Å². The minimum absolute atomic E-state index is 0.149. The van der Waals surface area contributed by atoms with E-state index in [1.807, 2.05) is 0 Å². The predicted molar refractivity (Wildman–Crippen MR) is 70.9 cm³/mol. The maximum Gasteiger partial charge on any atom is 0.358 e. The number of thiazole rings is 1. The lowest BCUT2D eigenvalue weighted by Crippen LogP contribution is -2.27. The van der Waals surface area contributed by atoms with Crippen LogP contribution in [0.2, 0.25) is 0 Å². The lowest BCUT2D eigenvalue weighted by Gasteiger charge is -2.05. The van der Waals surface area contributed by atoms with Gasteiger partial charge in [-0.05, 0) is 0 Å². The summed E-state index contributed by atoms with van der Waals surface area (Å²) in [5.41, 5.74) is 1.08. The number of hydrogen-bond donors (Lipinski definition) is 2. The van der Waals surface area contributed by atoms with Crippen molar-refractivity contribution < 1.29 is 17.9 Å². The standard InChI is InChI=1S/C10H12N4O4S2/c1-18-9(15)8-10(19-6-13-8)20(16,17)14-3-2-7-11-4-5-12-7/h4-6,14H,2-3H2,1H3,(H,11,12). The van der Waals surface area contributed by atoms with Gasteiger partial charge in [-0.2, -0.15) is 0 Å². The maximum absolute atomic E-state index is 12.1. The summed E-state index contributed by atoms with van der Waals surface area (Å²) in [6, 6.07) is 0. The van der Waals surface area contributed by atoms with Crippen LogP contribution in [0, 0.1) is 0 Å². The van der Waals surface area contributed by atoms with Crippen LogP contribution in [0.3, 0.4) is 0 Å². The Balaban J connectivity index is 2.07. The van der Waals surface area contributed by atoms with E-state index in [9.17, 15) is 13.2 Å². The van der Waals surface area contributed by atoms with Crippen LogP contribution in [0.25, 0.3) is 0 Å². The lowest BCUT2D eigenvalue weighted by atomic mass is 10.4. The SMILES string of the molecule is COC(=O)c1ncsc1S(=O)(=O)NCCc1ncc[nH]1. The zero-order chi connectivity index (χ0) is 14.6. The number of nitrogens with one attached hydrogen (secondary N) is 2. The van der Waals surface area contributed by atoms with E-state index in [-0.39, 0.29) is 16.4 Å². The number of esters is 1. The highest BCUT2D eigenvalue weighted by atomic mass is 32.2. The average molecular weight is 316 g/mol. The van der Waals surface area contributed by atoms with Gasteiger partial charge < -0.3 is 9.72 Å². The smallest absolute Gasteiger partial charge is 0.358 e. The zero-order valence-electron chi connectivity index (χ0n) is 10.5. The van der Waals surface area contributed by atoms with Crippen molar-refractivity contribution in [1.29, 1.82) is 0 Å². The second-order valence-electron chi connectivity index (χ2n) is 3.66. The van der Waals surface area contributed by atoms with Gasteiger partial charge in [0.05, 0.1) is 12.6 Å². The van der Waals surface area contributed by atoms with Gasteiger partial charge >= 0.3 is 5.97 Å². The summed E-state index contributed by atoms with van der Waals surface area (Å²) in [7, 11) is -2.62. The molecule has 10 heteroatoms. The van der Waals surface area contributed by atoms with Gasteiger partial charge in [-0.1, -0.05) is 0 Å². The van der Waals surface area contributed by atoms with E-state index in [1.54, 1.807) is 12.4 Å². The summed E-state index contributed by atoms with van der Waals surface area (Å²) < 4.78 is 30.9. The number of imidazole rings is 1. The van der Waals surface area contributed by atoms with Crippen molar-refractivity contribution in [2.24, 2.45) is 0 Å². The molecule has 2 N–H and O–H groups in total. The molecule has 0 bridgehead atoms. The van der Waals surface area contributed by atoms with E-state index in [4.69, 9.17) is 0 Å². The summed E-state index contributed by atoms with van der Waals surface area (Å²) in [5, 5.41) is 0. The summed E-state index contributed by atoms with van der Waals surface area (Å²) in [6.07, 6.45) is 3.66. The summed E-state index contributed by atoms with van der Waals surface area (Å²) in [4.78, 5) is 22.0. The van der Waals surface area contributed by atoms with Crippen LogP contribution in [-0.2, 0) is 21.2 Å². The third-order valence-electron chi connectivity index (χ3n) is 2.37. The van der Waals surface area contributed by atoms with Crippen molar-refractivity contribution in [2.75, 3.05) is 13.7 Å². The van der Waals surface area contributed by atoms with Crippen molar-refractivity contribution in [3.05, 3.63) is 29.4 Å². The van der Waals surface area contributed by atoms with Crippen molar-refractivity contribution in [2.45, 2.75) is 10.6 Å². The molecule has 0 aliphatic heterocycles. The Hall–Kier alpha value is -1.78. The Morgan fingerprint density at radius 1 is 1.50 bits per heavy atom. The first-order valence-electron chi connectivity index (χ1n) is 5.54. The van der Waals surface area contributed by atoms with Gasteiger partial charge in [0.25, 0.3) is 10.0 Å². The number of aromatic amines is 1. The Labute approximate surface area is 119 Å². The third-order valence-corrected chi connectivity index (χ3v) is 5.20. The molecule has 2 aromatic rings. The number of aromatic nitrogens is 3. The molecular formula is C10H12N4O4S2. The Bertz CT molecular complexity index is 678. The van der Waals surface area contributed by atoms with Gasteiger partial charge in [0.1, 0.15) is 5.82 Å². The minimum Gasteiger partial charge on any atom is -0.464 e. The monoisotopic (exact) mass is 316 g/mol. The molecule has 0 atom stereocenters. The molecule has 20 heavy (non-hydrogen) atoms. The van der Waals surface area contributed by atoms with Crippen molar-refractivity contribution >= 4 is 27.3 Å². The second-order valence-corrected chi connectivity index (χ2v) is 6.48. The first-order valence-corrected chi connectivity index (χ1v) is 7.90. The highest BCUT2D eigenvalue weighted by Crippen LogP contribution is 2.20. The largest absolute Gasteiger partial charge is 0.464 e. The van der Waals surface area contributed by atoms with Crippen LogP contribution in [0.5, 0.6) is 0 Å².